The Hall–Kier alpha value is -1.32. The quantitative estimate of drug-likeness (QED) is 0.791. The molecule has 0 spiro atoms. The van der Waals surface area contributed by atoms with E-state index in [1.807, 2.05) is 17.3 Å². The molecule has 0 atom stereocenters. The van der Waals surface area contributed by atoms with Gasteiger partial charge in [0.2, 0.25) is 5.91 Å². The summed E-state index contributed by atoms with van der Waals surface area (Å²) >= 11 is 0. The van der Waals surface area contributed by atoms with Crippen LogP contribution in [0.15, 0.2) is 12.4 Å². The third-order valence-electron chi connectivity index (χ3n) is 3.83. The van der Waals surface area contributed by atoms with Gasteiger partial charge in [-0.1, -0.05) is 13.3 Å². The Balaban J connectivity index is 1.81. The molecule has 4 heteroatoms. The number of carbonyl (C=O) groups excluding carboxylic acids is 1. The lowest BCUT2D eigenvalue weighted by Gasteiger charge is -2.26. The van der Waals surface area contributed by atoms with Gasteiger partial charge in [-0.05, 0) is 25.7 Å². The van der Waals surface area contributed by atoms with Gasteiger partial charge in [-0.3, -0.25) is 4.79 Å². The van der Waals surface area contributed by atoms with Gasteiger partial charge in [0.1, 0.15) is 5.82 Å². The van der Waals surface area contributed by atoms with Crippen LogP contribution in [0.1, 0.15) is 51.3 Å². The molecule has 2 heterocycles. The van der Waals surface area contributed by atoms with E-state index in [0.717, 1.165) is 44.7 Å². The lowest BCUT2D eigenvalue weighted by atomic mass is 10.1. The highest BCUT2D eigenvalue weighted by Gasteiger charge is 2.16. The van der Waals surface area contributed by atoms with Crippen molar-refractivity contribution in [1.82, 2.24) is 14.5 Å². The average Bonchev–Trinajstić information content (AvgIpc) is 2.91. The summed E-state index contributed by atoms with van der Waals surface area (Å²) in [7, 11) is 0. The van der Waals surface area contributed by atoms with E-state index in [1.54, 1.807) is 0 Å². The van der Waals surface area contributed by atoms with Gasteiger partial charge in [0, 0.05) is 44.9 Å². The Kier molecular flexibility index (Phi) is 5.43. The Bertz CT molecular complexity index is 394. The largest absolute Gasteiger partial charge is 0.343 e. The number of aromatic nitrogens is 2. The summed E-state index contributed by atoms with van der Waals surface area (Å²) in [6, 6.07) is 0. The number of aryl methyl sites for hydroxylation is 2. The number of nitrogens with zero attached hydrogens (tertiary/aromatic N) is 3. The smallest absolute Gasteiger partial charge is 0.223 e. The van der Waals surface area contributed by atoms with Crippen molar-refractivity contribution in [3.05, 3.63) is 18.2 Å². The topological polar surface area (TPSA) is 38.1 Å². The van der Waals surface area contributed by atoms with Crippen molar-refractivity contribution in [2.75, 3.05) is 13.1 Å². The summed E-state index contributed by atoms with van der Waals surface area (Å²) in [5.74, 6) is 1.35. The number of unbranched alkanes of at least 4 members (excludes halogenated alkanes) is 1. The number of carbonyl (C=O) groups is 1. The maximum atomic E-state index is 12.1. The lowest BCUT2D eigenvalue weighted by Crippen LogP contribution is -2.35. The molecule has 0 aliphatic carbocycles. The third-order valence-corrected chi connectivity index (χ3v) is 3.83. The van der Waals surface area contributed by atoms with Gasteiger partial charge < -0.3 is 9.47 Å². The minimum atomic E-state index is 0.296. The molecule has 0 radical (unpaired) electrons. The Labute approximate surface area is 115 Å². The van der Waals surface area contributed by atoms with Gasteiger partial charge in [-0.15, -0.1) is 0 Å². The molecular weight excluding hydrogens is 238 g/mol. The predicted molar refractivity (Wildman–Crippen MR) is 75.9 cm³/mol. The van der Waals surface area contributed by atoms with E-state index in [2.05, 4.69) is 16.5 Å². The van der Waals surface area contributed by atoms with Crippen LogP contribution in [0.3, 0.4) is 0 Å². The Morgan fingerprint density at radius 2 is 2.11 bits per heavy atom. The van der Waals surface area contributed by atoms with Crippen LogP contribution in [0.5, 0.6) is 0 Å². The van der Waals surface area contributed by atoms with Crippen LogP contribution < -0.4 is 0 Å². The molecule has 19 heavy (non-hydrogen) atoms. The first-order valence-corrected chi connectivity index (χ1v) is 7.59. The van der Waals surface area contributed by atoms with E-state index in [1.165, 1.54) is 19.3 Å². The van der Waals surface area contributed by atoms with Crippen molar-refractivity contribution in [2.45, 2.75) is 58.4 Å². The zero-order valence-corrected chi connectivity index (χ0v) is 12.0. The summed E-state index contributed by atoms with van der Waals surface area (Å²) in [6.45, 7) is 5.10. The van der Waals surface area contributed by atoms with E-state index >= 15 is 0 Å². The fourth-order valence-electron chi connectivity index (χ4n) is 2.62. The summed E-state index contributed by atoms with van der Waals surface area (Å²) in [6.07, 6.45) is 11.2. The van der Waals surface area contributed by atoms with Crippen molar-refractivity contribution in [1.29, 1.82) is 0 Å². The van der Waals surface area contributed by atoms with Crippen molar-refractivity contribution in [2.24, 2.45) is 0 Å². The first-order chi connectivity index (χ1) is 9.31. The van der Waals surface area contributed by atoms with Crippen LogP contribution in [-0.2, 0) is 17.8 Å². The summed E-state index contributed by atoms with van der Waals surface area (Å²) in [5, 5.41) is 0. The highest BCUT2D eigenvalue weighted by atomic mass is 16.2. The molecule has 1 amide bonds. The highest BCUT2D eigenvalue weighted by Crippen LogP contribution is 2.11. The second-order valence-electron chi connectivity index (χ2n) is 5.33. The Morgan fingerprint density at radius 1 is 1.32 bits per heavy atom. The number of rotatable bonds is 6. The Morgan fingerprint density at radius 3 is 2.84 bits per heavy atom. The molecule has 0 saturated carbocycles. The average molecular weight is 263 g/mol. The van der Waals surface area contributed by atoms with Crippen LogP contribution in [0.4, 0.5) is 0 Å². The minimum absolute atomic E-state index is 0.296. The standard InChI is InChI=1S/C15H25N3O/c1-2-3-10-17-13-9-16-14(17)7-8-15(19)18-11-5-4-6-12-18/h9,13H,2-8,10-12H2,1H3. The van der Waals surface area contributed by atoms with Crippen molar-refractivity contribution in [3.63, 3.8) is 0 Å². The SMILES string of the molecule is CCCCn1ccnc1CCC(=O)N1CCCCC1. The number of hydrogen-bond donors (Lipinski definition) is 0. The zero-order chi connectivity index (χ0) is 13.5. The second kappa shape index (κ2) is 7.31. The molecule has 4 nitrogen and oxygen atoms in total. The van der Waals surface area contributed by atoms with E-state index in [-0.39, 0.29) is 0 Å². The number of likely N-dealkylation sites (tertiary alicyclic amines) is 1. The molecule has 106 valence electrons. The van der Waals surface area contributed by atoms with Crippen LogP contribution in [0.2, 0.25) is 0 Å². The lowest BCUT2D eigenvalue weighted by molar-refractivity contribution is -0.132. The van der Waals surface area contributed by atoms with E-state index < -0.39 is 0 Å². The summed E-state index contributed by atoms with van der Waals surface area (Å²) < 4.78 is 2.19. The third kappa shape index (κ3) is 4.08. The van der Waals surface area contributed by atoms with Gasteiger partial charge in [-0.25, -0.2) is 4.98 Å². The molecule has 1 aliphatic heterocycles. The molecule has 0 unspecified atom stereocenters. The van der Waals surface area contributed by atoms with Crippen LogP contribution in [-0.4, -0.2) is 33.4 Å². The predicted octanol–water partition coefficient (Wildman–Crippen LogP) is 2.63. The fraction of sp³-hybridized carbons (Fsp3) is 0.733. The van der Waals surface area contributed by atoms with E-state index in [9.17, 15) is 4.79 Å². The molecule has 2 rings (SSSR count). The highest BCUT2D eigenvalue weighted by molar-refractivity contribution is 5.76. The van der Waals surface area contributed by atoms with Crippen molar-refractivity contribution in [3.8, 4) is 0 Å². The van der Waals surface area contributed by atoms with Crippen LogP contribution in [0, 0.1) is 0 Å². The van der Waals surface area contributed by atoms with Gasteiger partial charge >= 0.3 is 0 Å². The number of amides is 1. The number of piperidine rings is 1. The first-order valence-electron chi connectivity index (χ1n) is 7.59. The molecule has 1 aromatic heterocycles. The zero-order valence-electron chi connectivity index (χ0n) is 12.0. The molecule has 0 bridgehead atoms. The number of hydrogen-bond acceptors (Lipinski definition) is 2. The van der Waals surface area contributed by atoms with Crippen LogP contribution in [0.25, 0.3) is 0 Å². The second-order valence-corrected chi connectivity index (χ2v) is 5.33. The van der Waals surface area contributed by atoms with Gasteiger partial charge in [0.15, 0.2) is 0 Å². The maximum absolute atomic E-state index is 12.1. The molecule has 1 saturated heterocycles. The van der Waals surface area contributed by atoms with Gasteiger partial charge in [-0.2, -0.15) is 0 Å². The molecular formula is C15H25N3O. The monoisotopic (exact) mass is 263 g/mol. The van der Waals surface area contributed by atoms with Crippen LogP contribution >= 0.6 is 0 Å². The summed E-state index contributed by atoms with van der Waals surface area (Å²) in [4.78, 5) is 18.5. The van der Waals surface area contributed by atoms with Gasteiger partial charge in [0.25, 0.3) is 0 Å². The van der Waals surface area contributed by atoms with Crippen molar-refractivity contribution >= 4 is 5.91 Å². The fourth-order valence-corrected chi connectivity index (χ4v) is 2.62. The molecule has 0 aromatic carbocycles. The molecule has 0 N–H and O–H groups in total. The normalized spacial score (nSPS) is 15.7. The number of imidazole rings is 1. The molecule has 1 fully saturated rings. The maximum Gasteiger partial charge on any atom is 0.223 e. The first kappa shape index (κ1) is 14.1. The molecule has 1 aliphatic rings. The minimum Gasteiger partial charge on any atom is -0.343 e. The molecule has 1 aromatic rings. The van der Waals surface area contributed by atoms with Gasteiger partial charge in [0.05, 0.1) is 0 Å². The van der Waals surface area contributed by atoms with E-state index in [0.29, 0.717) is 12.3 Å². The van der Waals surface area contributed by atoms with E-state index in [4.69, 9.17) is 0 Å². The summed E-state index contributed by atoms with van der Waals surface area (Å²) in [5.41, 5.74) is 0. The van der Waals surface area contributed by atoms with Crippen molar-refractivity contribution < 1.29 is 4.79 Å².